The number of pyridine rings is 1. The van der Waals surface area contributed by atoms with Gasteiger partial charge < -0.3 is 19.4 Å². The van der Waals surface area contributed by atoms with Crippen molar-refractivity contribution in [2.24, 2.45) is 0 Å². The Bertz CT molecular complexity index is 883. The van der Waals surface area contributed by atoms with Crippen LogP contribution in [0.4, 0.5) is 0 Å². The van der Waals surface area contributed by atoms with Crippen LogP contribution in [0.3, 0.4) is 0 Å². The van der Waals surface area contributed by atoms with Crippen molar-refractivity contribution in [3.05, 3.63) is 34.1 Å². The SMILES string of the molecule is CCC(=O)N(Cc1cc2cc3c(cc2[nH]c1=O)OCO3)C1CCCCC1. The number of carbonyl (C=O) groups is 1. The van der Waals surface area contributed by atoms with Gasteiger partial charge in [0.2, 0.25) is 12.7 Å². The molecular formula is C20H24N2O4. The normalized spacial score (nSPS) is 16.8. The van der Waals surface area contributed by atoms with Crippen LogP contribution in [-0.4, -0.2) is 28.6 Å². The summed E-state index contributed by atoms with van der Waals surface area (Å²) in [5.74, 6) is 1.44. The Kier molecular flexibility index (Phi) is 4.57. The summed E-state index contributed by atoms with van der Waals surface area (Å²) in [6.07, 6.45) is 6.03. The van der Waals surface area contributed by atoms with E-state index in [9.17, 15) is 9.59 Å². The lowest BCUT2D eigenvalue weighted by Gasteiger charge is -2.34. The van der Waals surface area contributed by atoms with Crippen molar-refractivity contribution in [2.75, 3.05) is 6.79 Å². The number of nitrogens with zero attached hydrogens (tertiary/aromatic N) is 1. The molecule has 4 rings (SSSR count). The fraction of sp³-hybridized carbons (Fsp3) is 0.500. The lowest BCUT2D eigenvalue weighted by atomic mass is 9.93. The zero-order chi connectivity index (χ0) is 18.1. The van der Waals surface area contributed by atoms with Crippen LogP contribution < -0.4 is 15.0 Å². The van der Waals surface area contributed by atoms with Crippen molar-refractivity contribution < 1.29 is 14.3 Å². The summed E-state index contributed by atoms with van der Waals surface area (Å²) in [6.45, 7) is 2.43. The minimum atomic E-state index is -0.152. The third-order valence-electron chi connectivity index (χ3n) is 5.39. The van der Waals surface area contributed by atoms with E-state index >= 15 is 0 Å². The zero-order valence-electron chi connectivity index (χ0n) is 15.0. The van der Waals surface area contributed by atoms with E-state index in [-0.39, 0.29) is 24.3 Å². The predicted octanol–water partition coefficient (Wildman–Crippen LogP) is 3.33. The number of hydrogen-bond acceptors (Lipinski definition) is 4. The largest absolute Gasteiger partial charge is 0.454 e. The van der Waals surface area contributed by atoms with Gasteiger partial charge in [0, 0.05) is 29.5 Å². The van der Waals surface area contributed by atoms with E-state index in [2.05, 4.69) is 4.98 Å². The molecule has 1 aromatic heterocycles. The standard InChI is InChI=1S/C20H24N2O4/c1-2-19(23)22(15-6-4-3-5-7-15)11-14-8-13-9-17-18(26-12-25-17)10-16(13)21-20(14)24/h8-10,15H,2-7,11-12H2,1H3,(H,21,24). The van der Waals surface area contributed by atoms with Gasteiger partial charge in [-0.25, -0.2) is 0 Å². The number of aromatic amines is 1. The first-order chi connectivity index (χ1) is 12.7. The molecule has 2 aromatic rings. The van der Waals surface area contributed by atoms with Crippen molar-refractivity contribution in [2.45, 2.75) is 58.0 Å². The van der Waals surface area contributed by atoms with Gasteiger partial charge >= 0.3 is 0 Å². The second-order valence-electron chi connectivity index (χ2n) is 7.08. The van der Waals surface area contributed by atoms with Gasteiger partial charge in [-0.15, -0.1) is 0 Å². The number of fused-ring (bicyclic) bond motifs is 2. The molecule has 138 valence electrons. The van der Waals surface area contributed by atoms with Crippen LogP contribution in [-0.2, 0) is 11.3 Å². The Labute approximate surface area is 152 Å². The highest BCUT2D eigenvalue weighted by atomic mass is 16.7. The molecule has 2 aliphatic rings. The average Bonchev–Trinajstić information content (AvgIpc) is 3.12. The molecule has 1 aliphatic carbocycles. The van der Waals surface area contributed by atoms with Crippen molar-refractivity contribution in [3.8, 4) is 11.5 Å². The van der Waals surface area contributed by atoms with E-state index in [1.54, 1.807) is 6.07 Å². The van der Waals surface area contributed by atoms with Gasteiger partial charge in [-0.05, 0) is 25.0 Å². The molecule has 1 fully saturated rings. The second kappa shape index (κ2) is 7.02. The summed E-state index contributed by atoms with van der Waals surface area (Å²) in [7, 11) is 0. The minimum absolute atomic E-state index is 0.113. The van der Waals surface area contributed by atoms with Gasteiger partial charge in [0.05, 0.1) is 12.1 Å². The number of hydrogen-bond donors (Lipinski definition) is 1. The lowest BCUT2D eigenvalue weighted by Crippen LogP contribution is -2.41. The Balaban J connectivity index is 1.67. The fourth-order valence-corrected chi connectivity index (χ4v) is 3.96. The van der Waals surface area contributed by atoms with Gasteiger partial charge in [0.15, 0.2) is 11.5 Å². The lowest BCUT2D eigenvalue weighted by molar-refractivity contribution is -0.134. The molecule has 0 unspecified atom stereocenters. The maximum atomic E-state index is 12.6. The van der Waals surface area contributed by atoms with Gasteiger partial charge in [-0.2, -0.15) is 0 Å². The Morgan fingerprint density at radius 2 is 1.88 bits per heavy atom. The molecule has 0 spiro atoms. The van der Waals surface area contributed by atoms with Crippen LogP contribution in [0.25, 0.3) is 10.9 Å². The number of aromatic nitrogens is 1. The van der Waals surface area contributed by atoms with E-state index in [1.807, 2.05) is 24.0 Å². The van der Waals surface area contributed by atoms with E-state index in [0.29, 0.717) is 35.5 Å². The number of amides is 1. The van der Waals surface area contributed by atoms with Crippen LogP contribution in [0.15, 0.2) is 23.0 Å². The molecule has 1 saturated carbocycles. The number of H-pyrrole nitrogens is 1. The van der Waals surface area contributed by atoms with Crippen LogP contribution in [0.2, 0.25) is 0 Å². The average molecular weight is 356 g/mol. The Hall–Kier alpha value is -2.50. The summed E-state index contributed by atoms with van der Waals surface area (Å²) in [4.78, 5) is 29.9. The second-order valence-corrected chi connectivity index (χ2v) is 7.08. The Morgan fingerprint density at radius 1 is 1.15 bits per heavy atom. The zero-order valence-corrected chi connectivity index (χ0v) is 15.0. The summed E-state index contributed by atoms with van der Waals surface area (Å²) >= 11 is 0. The molecular weight excluding hydrogens is 332 g/mol. The first-order valence-electron chi connectivity index (χ1n) is 9.40. The van der Waals surface area contributed by atoms with Crippen LogP contribution >= 0.6 is 0 Å². The van der Waals surface area contributed by atoms with E-state index in [0.717, 1.165) is 31.1 Å². The van der Waals surface area contributed by atoms with Crippen LogP contribution in [0.1, 0.15) is 51.0 Å². The van der Waals surface area contributed by atoms with Gasteiger partial charge in [0.1, 0.15) is 0 Å². The van der Waals surface area contributed by atoms with Crippen LogP contribution in [0.5, 0.6) is 11.5 Å². The molecule has 26 heavy (non-hydrogen) atoms. The first kappa shape index (κ1) is 16.9. The highest BCUT2D eigenvalue weighted by Gasteiger charge is 2.25. The molecule has 1 aliphatic heterocycles. The summed E-state index contributed by atoms with van der Waals surface area (Å²) in [5, 5.41) is 0.886. The molecule has 6 heteroatoms. The molecule has 1 N–H and O–H groups in total. The van der Waals surface area contributed by atoms with Crippen molar-refractivity contribution in [1.82, 2.24) is 9.88 Å². The molecule has 1 amide bonds. The van der Waals surface area contributed by atoms with Crippen LogP contribution in [0, 0.1) is 0 Å². The van der Waals surface area contributed by atoms with Crippen molar-refractivity contribution in [3.63, 3.8) is 0 Å². The third-order valence-corrected chi connectivity index (χ3v) is 5.39. The third kappa shape index (κ3) is 3.16. The van der Waals surface area contributed by atoms with Crippen molar-refractivity contribution >= 4 is 16.8 Å². The fourth-order valence-electron chi connectivity index (χ4n) is 3.96. The number of carbonyl (C=O) groups excluding carboxylic acids is 1. The van der Waals surface area contributed by atoms with E-state index in [1.165, 1.54) is 6.42 Å². The molecule has 2 heterocycles. The van der Waals surface area contributed by atoms with Crippen molar-refractivity contribution in [1.29, 1.82) is 0 Å². The maximum Gasteiger partial charge on any atom is 0.253 e. The molecule has 6 nitrogen and oxygen atoms in total. The molecule has 0 radical (unpaired) electrons. The highest BCUT2D eigenvalue weighted by Crippen LogP contribution is 2.35. The van der Waals surface area contributed by atoms with E-state index in [4.69, 9.17) is 9.47 Å². The summed E-state index contributed by atoms with van der Waals surface area (Å²) in [6, 6.07) is 5.78. The quantitative estimate of drug-likeness (QED) is 0.912. The topological polar surface area (TPSA) is 71.6 Å². The van der Waals surface area contributed by atoms with E-state index < -0.39 is 0 Å². The Morgan fingerprint density at radius 3 is 2.62 bits per heavy atom. The number of ether oxygens (including phenoxy) is 2. The first-order valence-corrected chi connectivity index (χ1v) is 9.40. The summed E-state index contributed by atoms with van der Waals surface area (Å²) in [5.41, 5.74) is 1.18. The van der Waals surface area contributed by atoms with Gasteiger partial charge in [-0.1, -0.05) is 26.2 Å². The smallest absolute Gasteiger partial charge is 0.253 e. The molecule has 1 aromatic carbocycles. The predicted molar refractivity (Wildman–Crippen MR) is 98.4 cm³/mol. The monoisotopic (exact) mass is 356 g/mol. The van der Waals surface area contributed by atoms with Gasteiger partial charge in [0.25, 0.3) is 5.56 Å². The van der Waals surface area contributed by atoms with Gasteiger partial charge in [-0.3, -0.25) is 9.59 Å². The number of rotatable bonds is 4. The number of nitrogens with one attached hydrogen (secondary N) is 1. The maximum absolute atomic E-state index is 12.6. The minimum Gasteiger partial charge on any atom is -0.454 e. The highest BCUT2D eigenvalue weighted by molar-refractivity contribution is 5.83. The molecule has 0 bridgehead atoms. The number of benzene rings is 1. The summed E-state index contributed by atoms with van der Waals surface area (Å²) < 4.78 is 10.8. The molecule has 0 saturated heterocycles. The molecule has 0 atom stereocenters.